The maximum Gasteiger partial charge on any atom is 2.00 e. The molecule has 3 aromatic heterocycles. The quantitative estimate of drug-likeness (QED) is 0.108. The van der Waals surface area contributed by atoms with Crippen LogP contribution in [-0.4, -0.2) is 19.3 Å². The number of nitrogens with zero attached hydrogens (tertiary/aromatic N) is 4. The topological polar surface area (TPSA) is 44.9 Å². The molecular weight excluding hydrogens is 779 g/mol. The summed E-state index contributed by atoms with van der Waals surface area (Å²) in [7, 11) is 0. The largest absolute Gasteiger partial charge is 2.00 e. The second-order valence-electron chi connectivity index (χ2n) is 12.6. The summed E-state index contributed by atoms with van der Waals surface area (Å²) in [5.41, 5.74) is 9.05. The summed E-state index contributed by atoms with van der Waals surface area (Å²) in [4.78, 5) is 4.48. The second kappa shape index (κ2) is 14.2. The van der Waals surface area contributed by atoms with Gasteiger partial charge in [0.1, 0.15) is 11.6 Å². The van der Waals surface area contributed by atoms with E-state index in [1.54, 1.807) is 5.57 Å². The molecule has 48 heavy (non-hydrogen) atoms. The molecule has 1 aliphatic rings. The molecule has 3 aromatic carbocycles. The fourth-order valence-electron chi connectivity index (χ4n) is 7.62. The van der Waals surface area contributed by atoms with Gasteiger partial charge >= 0.3 is 21.1 Å². The first-order valence-electron chi connectivity index (χ1n) is 17.0. The van der Waals surface area contributed by atoms with Crippen molar-refractivity contribution in [2.45, 2.75) is 79.1 Å². The summed E-state index contributed by atoms with van der Waals surface area (Å²) in [6.45, 7) is 11.2. The van der Waals surface area contributed by atoms with Crippen LogP contribution >= 0.6 is 0 Å². The molecule has 0 bridgehead atoms. The van der Waals surface area contributed by atoms with Crippen molar-refractivity contribution in [3.8, 4) is 23.0 Å². The molecule has 0 N–H and O–H groups in total. The van der Waals surface area contributed by atoms with Gasteiger partial charge in [-0.1, -0.05) is 76.4 Å². The van der Waals surface area contributed by atoms with Crippen LogP contribution in [0.3, 0.4) is 0 Å². The summed E-state index contributed by atoms with van der Waals surface area (Å²) in [5.74, 6) is 2.34. The summed E-state index contributed by atoms with van der Waals surface area (Å²) < 4.78 is 24.9. The van der Waals surface area contributed by atoms with Crippen LogP contribution in [0.2, 0.25) is 0 Å². The number of benzene rings is 3. The number of aryl methyl sites for hydroxylation is 2. The van der Waals surface area contributed by atoms with E-state index in [9.17, 15) is 4.39 Å². The molecule has 0 fully saturated rings. The molecule has 6 aromatic rings. The van der Waals surface area contributed by atoms with Gasteiger partial charge in [-0.25, -0.2) is 9.37 Å². The van der Waals surface area contributed by atoms with Crippen LogP contribution in [0.1, 0.15) is 81.8 Å². The number of halogens is 1. The van der Waals surface area contributed by atoms with Crippen LogP contribution in [0.4, 0.5) is 4.39 Å². The Kier molecular flexibility index (Phi) is 10.0. The number of hydrogen-bond donors (Lipinski definition) is 0. The van der Waals surface area contributed by atoms with Gasteiger partial charge in [0.2, 0.25) is 0 Å². The van der Waals surface area contributed by atoms with Crippen LogP contribution in [0, 0.1) is 30.8 Å². The van der Waals surface area contributed by atoms with Gasteiger partial charge in [-0.05, 0) is 61.2 Å². The third-order valence-corrected chi connectivity index (χ3v) is 9.74. The van der Waals surface area contributed by atoms with Crippen molar-refractivity contribution in [2.75, 3.05) is 0 Å². The predicted octanol–water partition coefficient (Wildman–Crippen LogP) is 10.6. The molecule has 1 aliphatic carbocycles. The van der Waals surface area contributed by atoms with Gasteiger partial charge in [-0.15, -0.1) is 35.7 Å². The Morgan fingerprint density at radius 2 is 1.75 bits per heavy atom. The standard InChI is InChI=1S/C41H41FN4O.Pt/c1-6-27-13-12-14-28(7-2)40(27)41-35(8-3)44-46(36(41)9-4)30-21-26(5)22-32(24-30)47-31-17-18-34-33-15-10-11-16-37(33)45(38(34)25-31)39-23-29(42)19-20-43-39;/h10-11,13,15-23,28,40H,6-9,12,14H2,1-5H3;/q-2;+2/t28-,40?;/m0./s1. The molecule has 0 spiro atoms. The van der Waals surface area contributed by atoms with Crippen molar-refractivity contribution in [2.24, 2.45) is 5.92 Å². The van der Waals surface area contributed by atoms with Crippen molar-refractivity contribution < 1.29 is 30.2 Å². The van der Waals surface area contributed by atoms with Crippen LogP contribution in [0.15, 0.2) is 78.5 Å². The molecule has 0 saturated carbocycles. The Bertz CT molecular complexity index is 2130. The number of fused-ring (bicyclic) bond motifs is 3. The van der Waals surface area contributed by atoms with Crippen molar-refractivity contribution in [3.05, 3.63) is 119 Å². The zero-order chi connectivity index (χ0) is 32.7. The molecule has 248 valence electrons. The number of pyridine rings is 1. The van der Waals surface area contributed by atoms with Crippen LogP contribution in [-0.2, 0) is 33.9 Å². The predicted molar refractivity (Wildman–Crippen MR) is 187 cm³/mol. The Hall–Kier alpha value is -4.02. The number of aromatic nitrogens is 4. The van der Waals surface area contributed by atoms with E-state index in [1.807, 2.05) is 41.0 Å². The fourth-order valence-corrected chi connectivity index (χ4v) is 7.62. The molecule has 3 heterocycles. The van der Waals surface area contributed by atoms with E-state index in [4.69, 9.17) is 9.84 Å². The minimum Gasteiger partial charge on any atom is -0.509 e. The first kappa shape index (κ1) is 33.9. The van der Waals surface area contributed by atoms with Crippen molar-refractivity contribution in [3.63, 3.8) is 0 Å². The first-order valence-corrected chi connectivity index (χ1v) is 17.0. The minimum atomic E-state index is -0.342. The van der Waals surface area contributed by atoms with E-state index >= 15 is 0 Å². The SMILES string of the molecule is CCC1=CCC[C@H](CC)C1c1c(CC)nn(-c2[c-]c(Oc3[c-]c4c(cc3)c3ccccc3n4-c3cc(F)ccn3)cc(C)c2)c1CC.[Pt+2]. The number of hydrogen-bond acceptors (Lipinski definition) is 3. The summed E-state index contributed by atoms with van der Waals surface area (Å²) in [6.07, 6.45) is 10.4. The molecular formula is C41H41FN4OPt. The molecule has 0 saturated heterocycles. The number of ether oxygens (including phenoxy) is 1. The van der Waals surface area contributed by atoms with E-state index in [0.29, 0.717) is 29.2 Å². The maximum absolute atomic E-state index is 14.3. The smallest absolute Gasteiger partial charge is 0.509 e. The van der Waals surface area contributed by atoms with Crippen LogP contribution in [0.25, 0.3) is 33.3 Å². The second-order valence-corrected chi connectivity index (χ2v) is 12.6. The van der Waals surface area contributed by atoms with E-state index < -0.39 is 0 Å². The molecule has 0 aliphatic heterocycles. The fraction of sp³-hybridized carbons (Fsp3) is 0.317. The van der Waals surface area contributed by atoms with Gasteiger partial charge in [0.25, 0.3) is 0 Å². The van der Waals surface area contributed by atoms with Gasteiger partial charge in [-0.3, -0.25) is 4.68 Å². The van der Waals surface area contributed by atoms with Crippen LogP contribution < -0.4 is 4.74 Å². The first-order chi connectivity index (χ1) is 22.9. The molecule has 0 amide bonds. The molecule has 7 rings (SSSR count). The Morgan fingerprint density at radius 3 is 2.50 bits per heavy atom. The number of rotatable bonds is 9. The molecule has 2 atom stereocenters. The Morgan fingerprint density at radius 1 is 0.917 bits per heavy atom. The van der Waals surface area contributed by atoms with E-state index in [1.165, 1.54) is 54.5 Å². The third-order valence-electron chi connectivity index (χ3n) is 9.74. The Balaban J connectivity index is 0.00000401. The van der Waals surface area contributed by atoms with Gasteiger partial charge in [0.15, 0.2) is 0 Å². The third kappa shape index (κ3) is 6.05. The minimum absolute atomic E-state index is 0. The molecule has 1 unspecified atom stereocenters. The van der Waals surface area contributed by atoms with Crippen LogP contribution in [0.5, 0.6) is 11.5 Å². The van der Waals surface area contributed by atoms with Crippen molar-refractivity contribution in [1.29, 1.82) is 0 Å². The molecule has 0 radical (unpaired) electrons. The van der Waals surface area contributed by atoms with Crippen molar-refractivity contribution >= 4 is 21.8 Å². The van der Waals surface area contributed by atoms with Gasteiger partial charge in [0, 0.05) is 46.5 Å². The van der Waals surface area contributed by atoms with Gasteiger partial charge in [-0.2, -0.15) is 16.7 Å². The monoisotopic (exact) mass is 819 g/mol. The van der Waals surface area contributed by atoms with E-state index in [2.05, 4.69) is 74.6 Å². The number of allylic oxidation sites excluding steroid dienone is 2. The summed E-state index contributed by atoms with van der Waals surface area (Å²) >= 11 is 0. The Labute approximate surface area is 297 Å². The van der Waals surface area contributed by atoms with Gasteiger partial charge in [0.05, 0.1) is 5.69 Å². The average Bonchev–Trinajstić information content (AvgIpc) is 3.62. The summed E-state index contributed by atoms with van der Waals surface area (Å²) in [6, 6.07) is 26.0. The van der Waals surface area contributed by atoms with E-state index in [-0.39, 0.29) is 26.9 Å². The zero-order valence-corrected chi connectivity index (χ0v) is 30.5. The molecule has 7 heteroatoms. The van der Waals surface area contributed by atoms with E-state index in [0.717, 1.165) is 52.3 Å². The normalized spacial score (nSPS) is 16.2. The van der Waals surface area contributed by atoms with Crippen molar-refractivity contribution in [1.82, 2.24) is 19.3 Å². The summed E-state index contributed by atoms with van der Waals surface area (Å²) in [5, 5.41) is 7.27. The van der Waals surface area contributed by atoms with Gasteiger partial charge < -0.3 is 9.30 Å². The zero-order valence-electron chi connectivity index (χ0n) is 28.2. The number of para-hydroxylation sites is 1. The average molecular weight is 820 g/mol. The molecule has 5 nitrogen and oxygen atoms in total. The maximum atomic E-state index is 14.3.